The summed E-state index contributed by atoms with van der Waals surface area (Å²) in [6.07, 6.45) is 0. The van der Waals surface area contributed by atoms with Crippen molar-refractivity contribution >= 4 is 27.3 Å². The maximum absolute atomic E-state index is 12.7. The summed E-state index contributed by atoms with van der Waals surface area (Å²) >= 11 is 1.39. The Kier molecular flexibility index (Phi) is 6.05. The predicted octanol–water partition coefficient (Wildman–Crippen LogP) is 3.39. The van der Waals surface area contributed by atoms with Crippen LogP contribution in [0.4, 0.5) is 0 Å². The van der Waals surface area contributed by atoms with Crippen molar-refractivity contribution in [3.63, 3.8) is 0 Å². The molecule has 2 N–H and O–H groups in total. The van der Waals surface area contributed by atoms with E-state index in [-0.39, 0.29) is 18.2 Å². The van der Waals surface area contributed by atoms with Gasteiger partial charge < -0.3 is 5.32 Å². The highest BCUT2D eigenvalue weighted by Gasteiger charge is 2.16. The minimum Gasteiger partial charge on any atom is -0.347 e. The molecule has 1 amide bonds. The maximum atomic E-state index is 12.7. The number of benzene rings is 2. The number of carbonyl (C=O) groups excluding carboxylic acids is 1. The van der Waals surface area contributed by atoms with Gasteiger partial charge in [0.05, 0.1) is 10.6 Å². The Bertz CT molecular complexity index is 1030. The highest BCUT2D eigenvalue weighted by molar-refractivity contribution is 7.88. The molecule has 0 spiro atoms. The summed E-state index contributed by atoms with van der Waals surface area (Å²) in [6.45, 7) is 0.264. The summed E-state index contributed by atoms with van der Waals surface area (Å²) in [5, 5.41) is 4.81. The van der Waals surface area contributed by atoms with Crippen LogP contribution >= 0.6 is 11.3 Å². The molecule has 0 unspecified atom stereocenters. The van der Waals surface area contributed by atoms with Crippen LogP contribution in [0.25, 0.3) is 11.1 Å². The zero-order chi connectivity index (χ0) is 19.3. The van der Waals surface area contributed by atoms with Crippen molar-refractivity contribution in [2.45, 2.75) is 12.3 Å². The average Bonchev–Trinajstić information content (AvgIpc) is 3.17. The van der Waals surface area contributed by atoms with E-state index in [9.17, 15) is 13.2 Å². The number of hydrogen-bond acceptors (Lipinski definition) is 4. The highest BCUT2D eigenvalue weighted by Crippen LogP contribution is 2.28. The normalized spacial score (nSPS) is 11.3. The van der Waals surface area contributed by atoms with Gasteiger partial charge in [0, 0.05) is 12.1 Å². The molecule has 3 aromatic rings. The third-order valence-corrected chi connectivity index (χ3v) is 6.40. The maximum Gasteiger partial charge on any atom is 0.262 e. The lowest BCUT2D eigenvalue weighted by Crippen LogP contribution is -2.25. The summed E-state index contributed by atoms with van der Waals surface area (Å²) in [6, 6.07) is 18.9. The van der Waals surface area contributed by atoms with Gasteiger partial charge in [0.1, 0.15) is 0 Å². The molecule has 7 heteroatoms. The first-order valence-electron chi connectivity index (χ1n) is 8.39. The number of sulfonamides is 1. The molecule has 0 radical (unpaired) electrons. The molecular formula is C20H20N2O3S2. The fraction of sp³-hybridized carbons (Fsp3) is 0.150. The number of rotatable bonds is 7. The monoisotopic (exact) mass is 400 g/mol. The number of thiophene rings is 1. The van der Waals surface area contributed by atoms with Gasteiger partial charge in [-0.1, -0.05) is 54.6 Å². The van der Waals surface area contributed by atoms with E-state index in [1.807, 2.05) is 53.9 Å². The molecule has 27 heavy (non-hydrogen) atoms. The van der Waals surface area contributed by atoms with E-state index in [0.717, 1.165) is 16.7 Å². The van der Waals surface area contributed by atoms with Crippen LogP contribution in [-0.2, 0) is 22.3 Å². The van der Waals surface area contributed by atoms with E-state index >= 15 is 0 Å². The second-order valence-corrected chi connectivity index (χ2v) is 8.79. The lowest BCUT2D eigenvalue weighted by molar-refractivity contribution is 0.0955. The van der Waals surface area contributed by atoms with Crippen molar-refractivity contribution in [3.8, 4) is 11.1 Å². The smallest absolute Gasteiger partial charge is 0.262 e. The molecule has 0 aliphatic rings. The number of amides is 1. The van der Waals surface area contributed by atoms with Gasteiger partial charge in [-0.25, -0.2) is 13.1 Å². The van der Waals surface area contributed by atoms with Crippen molar-refractivity contribution < 1.29 is 13.2 Å². The number of nitrogens with one attached hydrogen (secondary N) is 2. The summed E-state index contributed by atoms with van der Waals surface area (Å²) in [5.41, 5.74) is 3.33. The van der Waals surface area contributed by atoms with Crippen LogP contribution in [0, 0.1) is 0 Å². The van der Waals surface area contributed by atoms with Gasteiger partial charge in [-0.3, -0.25) is 4.79 Å². The summed E-state index contributed by atoms with van der Waals surface area (Å²) < 4.78 is 26.0. The van der Waals surface area contributed by atoms with Crippen LogP contribution in [0.3, 0.4) is 0 Å². The Morgan fingerprint density at radius 3 is 2.33 bits per heavy atom. The van der Waals surface area contributed by atoms with Crippen LogP contribution in [-0.4, -0.2) is 21.4 Å². The Labute approximate surface area is 163 Å². The second kappa shape index (κ2) is 8.47. The van der Waals surface area contributed by atoms with Gasteiger partial charge in [0.2, 0.25) is 10.0 Å². The molecule has 0 aliphatic carbocycles. The largest absolute Gasteiger partial charge is 0.347 e. The molecule has 0 aliphatic heterocycles. The van der Waals surface area contributed by atoms with Crippen LogP contribution in [0.5, 0.6) is 0 Å². The van der Waals surface area contributed by atoms with E-state index in [1.165, 1.54) is 18.4 Å². The first kappa shape index (κ1) is 19.3. The number of hydrogen-bond donors (Lipinski definition) is 2. The average molecular weight is 401 g/mol. The molecule has 0 bridgehead atoms. The third kappa shape index (κ3) is 4.82. The summed E-state index contributed by atoms with van der Waals surface area (Å²) in [4.78, 5) is 13.3. The molecule has 5 nitrogen and oxygen atoms in total. The number of carbonyl (C=O) groups is 1. The van der Waals surface area contributed by atoms with Gasteiger partial charge in [-0.2, -0.15) is 0 Å². The van der Waals surface area contributed by atoms with Gasteiger partial charge >= 0.3 is 0 Å². The van der Waals surface area contributed by atoms with Crippen LogP contribution < -0.4 is 10.0 Å². The van der Waals surface area contributed by atoms with E-state index in [0.29, 0.717) is 10.4 Å². The molecule has 0 saturated carbocycles. The lowest BCUT2D eigenvalue weighted by Gasteiger charge is -2.11. The predicted molar refractivity (Wildman–Crippen MR) is 109 cm³/mol. The van der Waals surface area contributed by atoms with E-state index in [2.05, 4.69) is 10.0 Å². The second-order valence-electron chi connectivity index (χ2n) is 5.94. The SMILES string of the molecule is CNS(=O)(=O)Cc1ccccc1CNC(=O)c1sccc1-c1ccccc1. The minimum absolute atomic E-state index is 0.121. The van der Waals surface area contributed by atoms with Gasteiger partial charge in [0.15, 0.2) is 0 Å². The first-order valence-corrected chi connectivity index (χ1v) is 10.9. The van der Waals surface area contributed by atoms with Gasteiger partial charge in [0.25, 0.3) is 5.91 Å². The topological polar surface area (TPSA) is 75.3 Å². The standard InChI is InChI=1S/C20H20N2O3S2/c1-21-27(24,25)14-17-10-6-5-9-16(17)13-22-20(23)19-18(11-12-26-19)15-7-3-2-4-8-15/h2-12,21H,13-14H2,1H3,(H,22,23). The van der Waals surface area contributed by atoms with E-state index in [4.69, 9.17) is 0 Å². The van der Waals surface area contributed by atoms with Crippen molar-refractivity contribution in [2.75, 3.05) is 7.05 Å². The van der Waals surface area contributed by atoms with Gasteiger partial charge in [-0.15, -0.1) is 11.3 Å². The van der Waals surface area contributed by atoms with Crippen LogP contribution in [0.2, 0.25) is 0 Å². The summed E-state index contributed by atoms with van der Waals surface area (Å²) in [5.74, 6) is -0.292. The van der Waals surface area contributed by atoms with Crippen molar-refractivity contribution in [2.24, 2.45) is 0 Å². The van der Waals surface area contributed by atoms with Crippen molar-refractivity contribution in [1.82, 2.24) is 10.0 Å². The molecule has 0 saturated heterocycles. The third-order valence-electron chi connectivity index (χ3n) is 4.17. The Morgan fingerprint density at radius 2 is 1.63 bits per heavy atom. The Morgan fingerprint density at radius 1 is 0.963 bits per heavy atom. The first-order chi connectivity index (χ1) is 13.0. The molecular weight excluding hydrogens is 380 g/mol. The molecule has 140 valence electrons. The zero-order valence-corrected chi connectivity index (χ0v) is 16.4. The quantitative estimate of drug-likeness (QED) is 0.638. The molecule has 0 atom stereocenters. The summed E-state index contributed by atoms with van der Waals surface area (Å²) in [7, 11) is -1.99. The van der Waals surface area contributed by atoms with E-state index < -0.39 is 10.0 Å². The molecule has 3 rings (SSSR count). The Balaban J connectivity index is 1.76. The zero-order valence-electron chi connectivity index (χ0n) is 14.8. The van der Waals surface area contributed by atoms with E-state index in [1.54, 1.807) is 12.1 Å². The van der Waals surface area contributed by atoms with Crippen LogP contribution in [0.15, 0.2) is 66.0 Å². The Hall–Kier alpha value is -2.48. The van der Waals surface area contributed by atoms with Gasteiger partial charge in [-0.05, 0) is 35.2 Å². The molecule has 1 heterocycles. The minimum atomic E-state index is -3.38. The lowest BCUT2D eigenvalue weighted by atomic mass is 10.1. The molecule has 2 aromatic carbocycles. The fourth-order valence-corrected chi connectivity index (χ4v) is 4.40. The van der Waals surface area contributed by atoms with Crippen LogP contribution in [0.1, 0.15) is 20.8 Å². The fourth-order valence-electron chi connectivity index (χ4n) is 2.73. The molecule has 0 fully saturated rings. The van der Waals surface area contributed by atoms with Crippen molar-refractivity contribution in [1.29, 1.82) is 0 Å². The molecule has 1 aromatic heterocycles. The van der Waals surface area contributed by atoms with Crippen molar-refractivity contribution in [3.05, 3.63) is 82.0 Å². The highest BCUT2D eigenvalue weighted by atomic mass is 32.2.